The Bertz CT molecular complexity index is 1470. The van der Waals surface area contributed by atoms with Crippen LogP contribution in [0.3, 0.4) is 0 Å². The molecule has 0 saturated carbocycles. The molecule has 0 heterocycles. The third-order valence-corrected chi connectivity index (χ3v) is 8.73. The standard InChI is InChI=1S/C29H33Cl2N3O6S/c1-5-25(29(36)32-6-2)33(18-20-12-13-21(30)16-24(20)31)28(35)19-34(41(37,38)23-10-8-7-9-11-23)22-14-15-26(39-3)27(17-22)40-4/h7-17,25H,5-6,18-19H2,1-4H3,(H,32,36)/t25-/m0/s1. The van der Waals surface area contributed by atoms with Gasteiger partial charge in [-0.15, -0.1) is 0 Å². The highest BCUT2D eigenvalue weighted by molar-refractivity contribution is 7.92. The van der Waals surface area contributed by atoms with Gasteiger partial charge in [-0.1, -0.05) is 54.4 Å². The van der Waals surface area contributed by atoms with Crippen molar-refractivity contribution in [2.24, 2.45) is 0 Å². The molecule has 2 amide bonds. The Morgan fingerprint density at radius 1 is 0.927 bits per heavy atom. The van der Waals surface area contributed by atoms with Crippen molar-refractivity contribution < 1.29 is 27.5 Å². The molecule has 0 saturated heterocycles. The van der Waals surface area contributed by atoms with E-state index in [2.05, 4.69) is 5.32 Å². The number of rotatable bonds is 13. The number of nitrogens with one attached hydrogen (secondary N) is 1. The highest BCUT2D eigenvalue weighted by atomic mass is 35.5. The summed E-state index contributed by atoms with van der Waals surface area (Å²) in [6.45, 7) is 3.26. The number of ether oxygens (including phenoxy) is 2. The SMILES string of the molecule is CCNC(=O)[C@H](CC)N(Cc1ccc(Cl)cc1Cl)C(=O)CN(c1ccc(OC)c(OC)c1)S(=O)(=O)c1ccccc1. The Kier molecular flexibility index (Phi) is 11.3. The zero-order valence-electron chi connectivity index (χ0n) is 23.3. The summed E-state index contributed by atoms with van der Waals surface area (Å²) >= 11 is 12.5. The highest BCUT2D eigenvalue weighted by Gasteiger charge is 2.34. The molecule has 41 heavy (non-hydrogen) atoms. The van der Waals surface area contributed by atoms with Crippen LogP contribution in [0.1, 0.15) is 25.8 Å². The summed E-state index contributed by atoms with van der Waals surface area (Å²) in [6, 6.07) is 16.3. The number of likely N-dealkylation sites (N-methyl/N-ethyl adjacent to an activating group) is 1. The van der Waals surface area contributed by atoms with Crippen molar-refractivity contribution >= 4 is 50.7 Å². The summed E-state index contributed by atoms with van der Waals surface area (Å²) in [4.78, 5) is 28.5. The maximum atomic E-state index is 14.1. The summed E-state index contributed by atoms with van der Waals surface area (Å²) in [5.41, 5.74) is 0.728. The number of methoxy groups -OCH3 is 2. The van der Waals surface area contributed by atoms with Gasteiger partial charge in [0, 0.05) is 29.2 Å². The van der Waals surface area contributed by atoms with Crippen LogP contribution in [0.15, 0.2) is 71.6 Å². The van der Waals surface area contributed by atoms with E-state index in [0.29, 0.717) is 27.9 Å². The van der Waals surface area contributed by atoms with Crippen molar-refractivity contribution in [3.8, 4) is 11.5 Å². The first-order chi connectivity index (χ1) is 19.6. The molecule has 0 radical (unpaired) electrons. The van der Waals surface area contributed by atoms with Gasteiger partial charge < -0.3 is 19.7 Å². The van der Waals surface area contributed by atoms with E-state index in [-0.39, 0.29) is 35.2 Å². The molecule has 3 aromatic carbocycles. The van der Waals surface area contributed by atoms with Crippen molar-refractivity contribution in [2.75, 3.05) is 31.6 Å². The topological polar surface area (TPSA) is 105 Å². The number of halogens is 2. The van der Waals surface area contributed by atoms with Gasteiger partial charge in [-0.2, -0.15) is 0 Å². The lowest BCUT2D eigenvalue weighted by Gasteiger charge is -2.33. The number of hydrogen-bond donors (Lipinski definition) is 1. The minimum atomic E-state index is -4.23. The number of nitrogens with zero attached hydrogens (tertiary/aromatic N) is 2. The summed E-state index contributed by atoms with van der Waals surface area (Å²) in [5, 5.41) is 3.49. The van der Waals surface area contributed by atoms with E-state index in [1.165, 1.54) is 43.4 Å². The van der Waals surface area contributed by atoms with Crippen LogP contribution in [0.5, 0.6) is 11.5 Å². The fourth-order valence-electron chi connectivity index (χ4n) is 4.27. The van der Waals surface area contributed by atoms with Gasteiger partial charge in [0.2, 0.25) is 11.8 Å². The summed E-state index contributed by atoms with van der Waals surface area (Å²) in [5.74, 6) is -0.300. The van der Waals surface area contributed by atoms with Crippen LogP contribution >= 0.6 is 23.2 Å². The molecule has 0 aliphatic rings. The molecule has 3 rings (SSSR count). The maximum Gasteiger partial charge on any atom is 0.264 e. The largest absolute Gasteiger partial charge is 0.493 e. The molecule has 1 N–H and O–H groups in total. The molecule has 9 nitrogen and oxygen atoms in total. The summed E-state index contributed by atoms with van der Waals surface area (Å²) in [7, 11) is -1.34. The number of anilines is 1. The number of carbonyl (C=O) groups excluding carboxylic acids is 2. The van der Waals surface area contributed by atoms with E-state index in [9.17, 15) is 18.0 Å². The number of sulfonamides is 1. The number of amides is 2. The normalized spacial score (nSPS) is 11.9. The zero-order chi connectivity index (χ0) is 30.2. The van der Waals surface area contributed by atoms with Crippen molar-refractivity contribution in [1.82, 2.24) is 10.2 Å². The molecule has 0 spiro atoms. The first-order valence-electron chi connectivity index (χ1n) is 12.9. The first-order valence-corrected chi connectivity index (χ1v) is 15.1. The van der Waals surface area contributed by atoms with Gasteiger partial charge >= 0.3 is 0 Å². The van der Waals surface area contributed by atoms with Crippen LogP contribution in [-0.2, 0) is 26.2 Å². The molecule has 220 valence electrons. The summed E-state index contributed by atoms with van der Waals surface area (Å²) < 4.78 is 39.6. The minimum Gasteiger partial charge on any atom is -0.493 e. The molecule has 0 aromatic heterocycles. The Morgan fingerprint density at radius 2 is 1.61 bits per heavy atom. The van der Waals surface area contributed by atoms with Gasteiger partial charge in [-0.05, 0) is 55.3 Å². The molecule has 12 heteroatoms. The molecular weight excluding hydrogens is 589 g/mol. The average Bonchev–Trinajstić information content (AvgIpc) is 2.96. The van der Waals surface area contributed by atoms with Crippen LogP contribution in [0.4, 0.5) is 5.69 Å². The highest BCUT2D eigenvalue weighted by Crippen LogP contribution is 2.34. The van der Waals surface area contributed by atoms with Gasteiger partial charge in [-0.25, -0.2) is 8.42 Å². The Balaban J connectivity index is 2.12. The molecule has 0 unspecified atom stereocenters. The maximum absolute atomic E-state index is 14.1. The second kappa shape index (κ2) is 14.4. The van der Waals surface area contributed by atoms with E-state index in [1.807, 2.05) is 0 Å². The third kappa shape index (κ3) is 7.63. The van der Waals surface area contributed by atoms with E-state index in [0.717, 1.165) is 4.31 Å². The molecule has 0 bridgehead atoms. The van der Waals surface area contributed by atoms with Crippen molar-refractivity contribution in [3.63, 3.8) is 0 Å². The van der Waals surface area contributed by atoms with Gasteiger partial charge in [-0.3, -0.25) is 13.9 Å². The van der Waals surface area contributed by atoms with E-state index >= 15 is 0 Å². The quantitative estimate of drug-likeness (QED) is 0.283. The number of benzene rings is 3. The Morgan fingerprint density at radius 3 is 2.20 bits per heavy atom. The van der Waals surface area contributed by atoms with Crippen molar-refractivity contribution in [3.05, 3.63) is 82.3 Å². The predicted octanol–water partition coefficient (Wildman–Crippen LogP) is 5.15. The van der Waals surface area contributed by atoms with Crippen LogP contribution in [0, 0.1) is 0 Å². The van der Waals surface area contributed by atoms with Gasteiger partial charge in [0.05, 0.1) is 24.8 Å². The monoisotopic (exact) mass is 621 g/mol. The van der Waals surface area contributed by atoms with E-state index in [4.69, 9.17) is 32.7 Å². The second-order valence-electron chi connectivity index (χ2n) is 8.94. The predicted molar refractivity (Wildman–Crippen MR) is 160 cm³/mol. The molecule has 1 atom stereocenters. The zero-order valence-corrected chi connectivity index (χ0v) is 25.6. The summed E-state index contributed by atoms with van der Waals surface area (Å²) in [6.07, 6.45) is 0.282. The van der Waals surface area contributed by atoms with E-state index < -0.39 is 28.5 Å². The lowest BCUT2D eigenvalue weighted by atomic mass is 10.1. The molecule has 0 fully saturated rings. The van der Waals surface area contributed by atoms with Crippen LogP contribution < -0.4 is 19.1 Å². The number of hydrogen-bond acceptors (Lipinski definition) is 6. The van der Waals surface area contributed by atoms with Crippen LogP contribution in [-0.4, -0.2) is 58.5 Å². The third-order valence-electron chi connectivity index (χ3n) is 6.36. The molecule has 0 aliphatic heterocycles. The number of carbonyl (C=O) groups is 2. The Hall–Kier alpha value is -3.47. The lowest BCUT2D eigenvalue weighted by Crippen LogP contribution is -2.52. The molecule has 0 aliphatic carbocycles. The fraction of sp³-hybridized carbons (Fsp3) is 0.310. The van der Waals surface area contributed by atoms with Gasteiger partial charge in [0.1, 0.15) is 12.6 Å². The van der Waals surface area contributed by atoms with Gasteiger partial charge in [0.25, 0.3) is 10.0 Å². The van der Waals surface area contributed by atoms with E-state index in [1.54, 1.807) is 56.3 Å². The fourth-order valence-corrected chi connectivity index (χ4v) is 6.17. The van der Waals surface area contributed by atoms with Crippen molar-refractivity contribution in [2.45, 2.75) is 37.8 Å². The minimum absolute atomic E-state index is 0.00866. The smallest absolute Gasteiger partial charge is 0.264 e. The van der Waals surface area contributed by atoms with Crippen molar-refractivity contribution in [1.29, 1.82) is 0 Å². The average molecular weight is 623 g/mol. The van der Waals surface area contributed by atoms with Gasteiger partial charge in [0.15, 0.2) is 11.5 Å². The first kappa shape index (κ1) is 32.0. The lowest BCUT2D eigenvalue weighted by molar-refractivity contribution is -0.140. The molecular formula is C29H33Cl2N3O6S. The second-order valence-corrected chi connectivity index (χ2v) is 11.6. The molecule has 3 aromatic rings. The van der Waals surface area contributed by atoms with Crippen LogP contribution in [0.25, 0.3) is 0 Å². The van der Waals surface area contributed by atoms with Crippen LogP contribution in [0.2, 0.25) is 10.0 Å². The Labute approximate surface area is 251 Å².